The topological polar surface area (TPSA) is 25.2 Å². The van der Waals surface area contributed by atoms with Crippen LogP contribution in [-0.4, -0.2) is 16.3 Å². The van der Waals surface area contributed by atoms with Gasteiger partial charge in [0.2, 0.25) is 0 Å². The van der Waals surface area contributed by atoms with Crippen LogP contribution in [0.25, 0.3) is 10.9 Å². The Hall–Kier alpha value is -1.28. The lowest BCUT2D eigenvalue weighted by Crippen LogP contribution is -1.89. The number of rotatable bonds is 2. The van der Waals surface area contributed by atoms with E-state index in [0.717, 1.165) is 6.42 Å². The Morgan fingerprint density at radius 1 is 1.36 bits per heavy atom. The van der Waals surface area contributed by atoms with Crippen LogP contribution < -0.4 is 0 Å². The van der Waals surface area contributed by atoms with Crippen LogP contribution >= 0.6 is 0 Å². The molecule has 0 atom stereocenters. The molecule has 1 N–H and O–H groups in total. The second-order valence-corrected chi connectivity index (χ2v) is 3.71. The van der Waals surface area contributed by atoms with Gasteiger partial charge in [-0.05, 0) is 30.5 Å². The number of nitrogens with zero attached hydrogens (tertiary/aromatic N) is 1. The van der Waals surface area contributed by atoms with Gasteiger partial charge in [0.15, 0.2) is 0 Å². The van der Waals surface area contributed by atoms with Gasteiger partial charge in [-0.1, -0.05) is 12.1 Å². The minimum absolute atomic E-state index is 0.216. The average molecular weight is 189 g/mol. The van der Waals surface area contributed by atoms with E-state index in [1.165, 1.54) is 22.0 Å². The molecule has 0 saturated heterocycles. The molecule has 0 aliphatic rings. The van der Waals surface area contributed by atoms with Crippen LogP contribution in [0.3, 0.4) is 0 Å². The Balaban J connectivity index is 2.72. The highest BCUT2D eigenvalue weighted by molar-refractivity contribution is 5.87. The largest absolute Gasteiger partial charge is 0.396 e. The lowest BCUT2D eigenvalue weighted by molar-refractivity contribution is 0.300. The van der Waals surface area contributed by atoms with Crippen LogP contribution in [-0.2, 0) is 13.5 Å². The third-order valence-corrected chi connectivity index (χ3v) is 2.68. The van der Waals surface area contributed by atoms with E-state index >= 15 is 0 Å². The number of hydrogen-bond acceptors (Lipinski definition) is 1. The molecule has 0 amide bonds. The SMILES string of the molecule is Cc1cccc2c1c(CCO)cn2C. The molecule has 0 bridgehead atoms. The third kappa shape index (κ3) is 1.32. The fraction of sp³-hybridized carbons (Fsp3) is 0.333. The van der Waals surface area contributed by atoms with Crippen molar-refractivity contribution in [2.75, 3.05) is 6.61 Å². The smallest absolute Gasteiger partial charge is 0.0483 e. The van der Waals surface area contributed by atoms with Crippen molar-refractivity contribution in [3.8, 4) is 0 Å². The third-order valence-electron chi connectivity index (χ3n) is 2.68. The van der Waals surface area contributed by atoms with Crippen LogP contribution in [0.5, 0.6) is 0 Å². The van der Waals surface area contributed by atoms with Crippen molar-refractivity contribution >= 4 is 10.9 Å². The quantitative estimate of drug-likeness (QED) is 0.768. The van der Waals surface area contributed by atoms with Crippen LogP contribution in [0.15, 0.2) is 24.4 Å². The van der Waals surface area contributed by atoms with Crippen LogP contribution in [0, 0.1) is 6.92 Å². The van der Waals surface area contributed by atoms with Gasteiger partial charge >= 0.3 is 0 Å². The first-order valence-electron chi connectivity index (χ1n) is 4.88. The molecule has 2 heteroatoms. The number of aliphatic hydroxyl groups excluding tert-OH is 1. The summed E-state index contributed by atoms with van der Waals surface area (Å²) in [5, 5.41) is 10.3. The van der Waals surface area contributed by atoms with E-state index in [0.29, 0.717) is 0 Å². The molecule has 14 heavy (non-hydrogen) atoms. The molecule has 0 aliphatic heterocycles. The van der Waals surface area contributed by atoms with Gasteiger partial charge < -0.3 is 9.67 Å². The van der Waals surface area contributed by atoms with E-state index < -0.39 is 0 Å². The molecular formula is C12H15NO. The molecular weight excluding hydrogens is 174 g/mol. The van der Waals surface area contributed by atoms with Gasteiger partial charge in [0, 0.05) is 30.8 Å². The van der Waals surface area contributed by atoms with Gasteiger partial charge in [-0.25, -0.2) is 0 Å². The Bertz CT molecular complexity index is 457. The summed E-state index contributed by atoms with van der Waals surface area (Å²) in [6.07, 6.45) is 2.84. The first-order valence-corrected chi connectivity index (χ1v) is 4.88. The zero-order chi connectivity index (χ0) is 10.1. The summed E-state index contributed by atoms with van der Waals surface area (Å²) in [5.41, 5.74) is 3.77. The maximum atomic E-state index is 8.97. The molecule has 0 aliphatic carbocycles. The average Bonchev–Trinajstić information content (AvgIpc) is 2.46. The fourth-order valence-corrected chi connectivity index (χ4v) is 2.04. The molecule has 0 saturated carbocycles. The predicted octanol–water partition coefficient (Wildman–Crippen LogP) is 2.02. The molecule has 2 aromatic rings. The van der Waals surface area contributed by atoms with Crippen molar-refractivity contribution in [3.05, 3.63) is 35.5 Å². The summed E-state index contributed by atoms with van der Waals surface area (Å²) in [7, 11) is 2.04. The summed E-state index contributed by atoms with van der Waals surface area (Å²) in [4.78, 5) is 0. The molecule has 1 heterocycles. The van der Waals surface area contributed by atoms with Gasteiger partial charge in [0.1, 0.15) is 0 Å². The minimum atomic E-state index is 0.216. The molecule has 2 rings (SSSR count). The maximum absolute atomic E-state index is 8.97. The summed E-state index contributed by atoms with van der Waals surface area (Å²) >= 11 is 0. The molecule has 0 unspecified atom stereocenters. The molecule has 0 radical (unpaired) electrons. The molecule has 0 fully saturated rings. The number of aliphatic hydroxyl groups is 1. The maximum Gasteiger partial charge on any atom is 0.0483 e. The molecule has 1 aromatic heterocycles. The first-order chi connectivity index (χ1) is 6.74. The number of fused-ring (bicyclic) bond motifs is 1. The van der Waals surface area contributed by atoms with Crippen LogP contribution in [0.2, 0.25) is 0 Å². The van der Waals surface area contributed by atoms with Gasteiger partial charge in [-0.3, -0.25) is 0 Å². The Morgan fingerprint density at radius 2 is 2.14 bits per heavy atom. The monoisotopic (exact) mass is 189 g/mol. The van der Waals surface area contributed by atoms with Crippen molar-refractivity contribution < 1.29 is 5.11 Å². The fourth-order valence-electron chi connectivity index (χ4n) is 2.04. The number of hydrogen-bond donors (Lipinski definition) is 1. The van der Waals surface area contributed by atoms with Gasteiger partial charge in [0.25, 0.3) is 0 Å². The van der Waals surface area contributed by atoms with Crippen LogP contribution in [0.1, 0.15) is 11.1 Å². The second kappa shape index (κ2) is 3.46. The Morgan fingerprint density at radius 3 is 2.86 bits per heavy atom. The highest BCUT2D eigenvalue weighted by Gasteiger charge is 2.07. The summed E-state index contributed by atoms with van der Waals surface area (Å²) < 4.78 is 2.12. The summed E-state index contributed by atoms with van der Waals surface area (Å²) in [6.45, 7) is 2.33. The zero-order valence-electron chi connectivity index (χ0n) is 8.62. The lowest BCUT2D eigenvalue weighted by Gasteiger charge is -1.99. The Kier molecular flexibility index (Phi) is 2.30. The van der Waals surface area contributed by atoms with E-state index in [-0.39, 0.29) is 6.61 Å². The molecule has 0 spiro atoms. The highest BCUT2D eigenvalue weighted by Crippen LogP contribution is 2.24. The van der Waals surface area contributed by atoms with Crippen molar-refractivity contribution in [1.82, 2.24) is 4.57 Å². The van der Waals surface area contributed by atoms with E-state index in [4.69, 9.17) is 5.11 Å². The second-order valence-electron chi connectivity index (χ2n) is 3.71. The van der Waals surface area contributed by atoms with Crippen molar-refractivity contribution in [2.45, 2.75) is 13.3 Å². The lowest BCUT2D eigenvalue weighted by atomic mass is 10.1. The van der Waals surface area contributed by atoms with Crippen LogP contribution in [0.4, 0.5) is 0 Å². The molecule has 2 nitrogen and oxygen atoms in total. The predicted molar refractivity (Wildman–Crippen MR) is 58.4 cm³/mol. The van der Waals surface area contributed by atoms with Gasteiger partial charge in [-0.15, -0.1) is 0 Å². The number of benzene rings is 1. The van der Waals surface area contributed by atoms with Crippen molar-refractivity contribution in [1.29, 1.82) is 0 Å². The van der Waals surface area contributed by atoms with Crippen molar-refractivity contribution in [3.63, 3.8) is 0 Å². The van der Waals surface area contributed by atoms with Gasteiger partial charge in [-0.2, -0.15) is 0 Å². The molecule has 74 valence electrons. The summed E-state index contributed by atoms with van der Waals surface area (Å²) in [5.74, 6) is 0. The Labute approximate surface area is 83.8 Å². The zero-order valence-corrected chi connectivity index (χ0v) is 8.62. The van der Waals surface area contributed by atoms with Gasteiger partial charge in [0.05, 0.1) is 0 Å². The summed E-state index contributed by atoms with van der Waals surface area (Å²) in [6, 6.07) is 6.30. The highest BCUT2D eigenvalue weighted by atomic mass is 16.2. The van der Waals surface area contributed by atoms with E-state index in [1.807, 2.05) is 7.05 Å². The standard InChI is InChI=1S/C12H15NO/c1-9-4-3-5-11-12(9)10(6-7-14)8-13(11)2/h3-5,8,14H,6-7H2,1-2H3. The first kappa shape index (κ1) is 9.28. The minimum Gasteiger partial charge on any atom is -0.396 e. The van der Waals surface area contributed by atoms with Crippen molar-refractivity contribution in [2.24, 2.45) is 7.05 Å². The molecule has 1 aromatic carbocycles. The van der Waals surface area contributed by atoms with E-state index in [2.05, 4.69) is 35.9 Å². The van der Waals surface area contributed by atoms with E-state index in [9.17, 15) is 0 Å². The number of aryl methyl sites for hydroxylation is 2. The normalized spacial score (nSPS) is 11.1. The number of aromatic nitrogens is 1. The van der Waals surface area contributed by atoms with E-state index in [1.54, 1.807) is 0 Å².